The van der Waals surface area contributed by atoms with E-state index in [0.717, 1.165) is 35.5 Å². The van der Waals surface area contributed by atoms with Crippen LogP contribution in [0.25, 0.3) is 0 Å². The van der Waals surface area contributed by atoms with Gasteiger partial charge in [0.15, 0.2) is 0 Å². The summed E-state index contributed by atoms with van der Waals surface area (Å²) >= 11 is 3.40. The number of hydrogen-bond donors (Lipinski definition) is 1. The zero-order valence-electron chi connectivity index (χ0n) is 10.1. The van der Waals surface area contributed by atoms with Gasteiger partial charge in [-0.1, -0.05) is 34.1 Å². The smallest absolute Gasteiger partial charge is 0.119 e. The van der Waals surface area contributed by atoms with Gasteiger partial charge in [-0.3, -0.25) is 0 Å². The lowest BCUT2D eigenvalue weighted by atomic mass is 10.3. The highest BCUT2D eigenvalue weighted by Gasteiger charge is 1.94. The van der Waals surface area contributed by atoms with E-state index < -0.39 is 0 Å². The second-order valence-electron chi connectivity index (χ2n) is 3.95. The fourth-order valence-electron chi connectivity index (χ4n) is 1.58. The summed E-state index contributed by atoms with van der Waals surface area (Å²) in [6.45, 7) is 1.64. The van der Waals surface area contributed by atoms with E-state index in [9.17, 15) is 0 Å². The molecule has 94 valence electrons. The Morgan fingerprint density at radius 1 is 0.944 bits per heavy atom. The van der Waals surface area contributed by atoms with Gasteiger partial charge in [-0.25, -0.2) is 0 Å². The first kappa shape index (κ1) is 13.0. The maximum absolute atomic E-state index is 5.64. The van der Waals surface area contributed by atoms with Crippen molar-refractivity contribution in [2.45, 2.75) is 6.42 Å². The van der Waals surface area contributed by atoms with Crippen LogP contribution in [0.2, 0.25) is 0 Å². The highest BCUT2D eigenvalue weighted by molar-refractivity contribution is 9.10. The molecule has 0 fully saturated rings. The first-order chi connectivity index (χ1) is 8.84. The van der Waals surface area contributed by atoms with E-state index in [-0.39, 0.29) is 0 Å². The van der Waals surface area contributed by atoms with E-state index in [0.29, 0.717) is 0 Å². The third-order valence-electron chi connectivity index (χ3n) is 2.51. The fourth-order valence-corrected chi connectivity index (χ4v) is 1.85. The van der Waals surface area contributed by atoms with Crippen molar-refractivity contribution < 1.29 is 4.74 Å². The van der Waals surface area contributed by atoms with Crippen molar-refractivity contribution in [2.75, 3.05) is 18.5 Å². The predicted molar refractivity (Wildman–Crippen MR) is 79.2 cm³/mol. The number of rotatable bonds is 6. The number of benzene rings is 2. The van der Waals surface area contributed by atoms with Crippen LogP contribution >= 0.6 is 15.9 Å². The molecule has 0 aromatic heterocycles. The molecule has 3 heteroatoms. The largest absolute Gasteiger partial charge is 0.494 e. The zero-order valence-corrected chi connectivity index (χ0v) is 11.7. The van der Waals surface area contributed by atoms with E-state index in [4.69, 9.17) is 4.74 Å². The molecule has 0 saturated heterocycles. The predicted octanol–water partition coefficient (Wildman–Crippen LogP) is 4.33. The lowest BCUT2D eigenvalue weighted by Gasteiger charge is -2.08. The van der Waals surface area contributed by atoms with Crippen LogP contribution in [0.4, 0.5) is 5.69 Å². The van der Waals surface area contributed by atoms with E-state index in [2.05, 4.69) is 33.4 Å². The van der Waals surface area contributed by atoms with E-state index in [1.54, 1.807) is 0 Å². The van der Waals surface area contributed by atoms with Crippen LogP contribution in [0.5, 0.6) is 5.75 Å². The summed E-state index contributed by atoms with van der Waals surface area (Å²) in [5.41, 5.74) is 1.15. The van der Waals surface area contributed by atoms with Crippen molar-refractivity contribution in [3.05, 3.63) is 59.1 Å². The van der Waals surface area contributed by atoms with Gasteiger partial charge in [-0.15, -0.1) is 0 Å². The maximum atomic E-state index is 5.64. The van der Waals surface area contributed by atoms with Gasteiger partial charge in [0.25, 0.3) is 0 Å². The Balaban J connectivity index is 1.63. The summed E-state index contributed by atoms with van der Waals surface area (Å²) in [7, 11) is 0. The van der Waals surface area contributed by atoms with Gasteiger partial charge in [-0.05, 0) is 42.8 Å². The Bertz CT molecular complexity index is 456. The second kappa shape index (κ2) is 7.07. The van der Waals surface area contributed by atoms with Gasteiger partial charge in [-0.2, -0.15) is 0 Å². The molecule has 2 aromatic carbocycles. The minimum Gasteiger partial charge on any atom is -0.494 e. The Kier molecular flexibility index (Phi) is 5.09. The molecule has 0 unspecified atom stereocenters. The van der Waals surface area contributed by atoms with Crippen LogP contribution in [0.3, 0.4) is 0 Å². The highest BCUT2D eigenvalue weighted by atomic mass is 79.9. The third-order valence-corrected chi connectivity index (χ3v) is 3.04. The molecule has 0 heterocycles. The molecule has 1 N–H and O–H groups in total. The molecule has 0 amide bonds. The molecular weight excluding hydrogens is 290 g/mol. The van der Waals surface area contributed by atoms with E-state index >= 15 is 0 Å². The molecule has 0 aliphatic carbocycles. The summed E-state index contributed by atoms with van der Waals surface area (Å²) < 4.78 is 6.71. The van der Waals surface area contributed by atoms with Gasteiger partial charge < -0.3 is 10.1 Å². The monoisotopic (exact) mass is 305 g/mol. The summed E-state index contributed by atoms with van der Waals surface area (Å²) in [6, 6.07) is 18.1. The van der Waals surface area contributed by atoms with E-state index in [1.807, 2.05) is 42.5 Å². The van der Waals surface area contributed by atoms with Crippen LogP contribution in [-0.2, 0) is 0 Å². The number of ether oxygens (including phenoxy) is 1. The summed E-state index contributed by atoms with van der Waals surface area (Å²) in [5, 5.41) is 3.35. The minimum atomic E-state index is 0.724. The van der Waals surface area contributed by atoms with Gasteiger partial charge in [0.1, 0.15) is 5.75 Å². The zero-order chi connectivity index (χ0) is 12.6. The molecule has 2 nitrogen and oxygen atoms in total. The van der Waals surface area contributed by atoms with Crippen molar-refractivity contribution in [1.29, 1.82) is 0 Å². The number of anilines is 1. The van der Waals surface area contributed by atoms with Crippen molar-refractivity contribution in [3.63, 3.8) is 0 Å². The van der Waals surface area contributed by atoms with Crippen LogP contribution in [0, 0.1) is 0 Å². The maximum Gasteiger partial charge on any atom is 0.119 e. The minimum absolute atomic E-state index is 0.724. The lowest BCUT2D eigenvalue weighted by Crippen LogP contribution is -2.07. The highest BCUT2D eigenvalue weighted by Crippen LogP contribution is 2.16. The molecule has 0 radical (unpaired) electrons. The molecule has 0 spiro atoms. The molecule has 0 saturated carbocycles. The SMILES string of the molecule is Brc1ccc(OCCCNc2ccccc2)cc1. The third kappa shape index (κ3) is 4.41. The first-order valence-electron chi connectivity index (χ1n) is 6.02. The van der Waals surface area contributed by atoms with Gasteiger partial charge >= 0.3 is 0 Å². The lowest BCUT2D eigenvalue weighted by molar-refractivity contribution is 0.315. The second-order valence-corrected chi connectivity index (χ2v) is 4.86. The Hall–Kier alpha value is -1.48. The van der Waals surface area contributed by atoms with Crippen LogP contribution in [0.1, 0.15) is 6.42 Å². The topological polar surface area (TPSA) is 21.3 Å². The molecule has 0 aliphatic rings. The Labute approximate surface area is 116 Å². The normalized spacial score (nSPS) is 10.1. The molecule has 2 aromatic rings. The first-order valence-corrected chi connectivity index (χ1v) is 6.81. The van der Waals surface area contributed by atoms with Gasteiger partial charge in [0, 0.05) is 16.7 Å². The van der Waals surface area contributed by atoms with E-state index in [1.165, 1.54) is 0 Å². The van der Waals surface area contributed by atoms with Gasteiger partial charge in [0.05, 0.1) is 6.61 Å². The summed E-state index contributed by atoms with van der Waals surface area (Å²) in [6.07, 6.45) is 0.977. The van der Waals surface area contributed by atoms with Crippen LogP contribution < -0.4 is 10.1 Å². The standard InChI is InChI=1S/C15H16BrNO/c16-13-7-9-15(10-8-13)18-12-4-11-17-14-5-2-1-3-6-14/h1-3,5-10,17H,4,11-12H2. The van der Waals surface area contributed by atoms with Crippen molar-refractivity contribution >= 4 is 21.6 Å². The quantitative estimate of drug-likeness (QED) is 0.802. The number of hydrogen-bond acceptors (Lipinski definition) is 2. The summed E-state index contributed by atoms with van der Waals surface area (Å²) in [4.78, 5) is 0. The van der Waals surface area contributed by atoms with Crippen molar-refractivity contribution in [2.24, 2.45) is 0 Å². The van der Waals surface area contributed by atoms with Crippen LogP contribution in [-0.4, -0.2) is 13.2 Å². The van der Waals surface area contributed by atoms with Gasteiger partial charge in [0.2, 0.25) is 0 Å². The molecule has 18 heavy (non-hydrogen) atoms. The number of para-hydroxylation sites is 1. The van der Waals surface area contributed by atoms with Crippen molar-refractivity contribution in [1.82, 2.24) is 0 Å². The molecule has 0 aliphatic heterocycles. The number of nitrogens with one attached hydrogen (secondary N) is 1. The Morgan fingerprint density at radius 2 is 1.67 bits per heavy atom. The van der Waals surface area contributed by atoms with Crippen LogP contribution in [0.15, 0.2) is 59.1 Å². The molecule has 0 atom stereocenters. The Morgan fingerprint density at radius 3 is 2.39 bits per heavy atom. The molecular formula is C15H16BrNO. The number of halogens is 1. The average molecular weight is 306 g/mol. The molecule has 0 bridgehead atoms. The fraction of sp³-hybridized carbons (Fsp3) is 0.200. The molecule has 2 rings (SSSR count). The summed E-state index contributed by atoms with van der Waals surface area (Å²) in [5.74, 6) is 0.915. The van der Waals surface area contributed by atoms with Crippen molar-refractivity contribution in [3.8, 4) is 5.75 Å². The average Bonchev–Trinajstić information content (AvgIpc) is 2.42.